The minimum absolute atomic E-state index is 0.318. The van der Waals surface area contributed by atoms with E-state index in [1.54, 1.807) is 19.1 Å². The molecule has 3 nitrogen and oxygen atoms in total. The quantitative estimate of drug-likeness (QED) is 0.789. The van der Waals surface area contributed by atoms with E-state index in [2.05, 4.69) is 26.1 Å². The van der Waals surface area contributed by atoms with Crippen LogP contribution in [0.4, 0.5) is 4.39 Å². The van der Waals surface area contributed by atoms with Crippen molar-refractivity contribution < 1.29 is 8.91 Å². The predicted octanol–water partition coefficient (Wildman–Crippen LogP) is 3.94. The highest BCUT2D eigenvalue weighted by atomic mass is 79.9. The fourth-order valence-electron chi connectivity index (χ4n) is 1.14. The van der Waals surface area contributed by atoms with E-state index in [0.717, 1.165) is 0 Å². The lowest BCUT2D eigenvalue weighted by Crippen LogP contribution is -1.87. The van der Waals surface area contributed by atoms with Crippen LogP contribution in [0.25, 0.3) is 11.5 Å². The molecule has 2 aromatic rings. The number of nitrogens with zero attached hydrogens (tertiary/aromatic N) is 2. The van der Waals surface area contributed by atoms with Crippen molar-refractivity contribution in [2.24, 2.45) is 0 Å². The third-order valence-corrected chi connectivity index (χ3v) is 2.77. The Morgan fingerprint density at radius 3 is 2.81 bits per heavy atom. The summed E-state index contributed by atoms with van der Waals surface area (Å²) in [5, 5.41) is 3.40. The summed E-state index contributed by atoms with van der Waals surface area (Å²) in [6, 6.07) is 4.47. The normalized spacial score (nSPS) is 12.8. The zero-order valence-electron chi connectivity index (χ0n) is 8.25. The number of alkyl halides is 1. The van der Waals surface area contributed by atoms with E-state index >= 15 is 0 Å². The molecule has 16 heavy (non-hydrogen) atoms. The molecule has 0 saturated heterocycles. The number of hydrogen-bond donors (Lipinski definition) is 0. The molecule has 2 rings (SSSR count). The average Bonchev–Trinajstić information content (AvgIpc) is 2.71. The Bertz CT molecular complexity index is 515. The molecular formula is C10H7BrClFN2O. The lowest BCUT2D eigenvalue weighted by atomic mass is 10.2. The van der Waals surface area contributed by atoms with Crippen molar-refractivity contribution in [1.29, 1.82) is 0 Å². The Morgan fingerprint density at radius 2 is 2.25 bits per heavy atom. The number of rotatable bonds is 2. The number of hydrogen-bond acceptors (Lipinski definition) is 3. The molecule has 1 unspecified atom stereocenters. The van der Waals surface area contributed by atoms with Crippen LogP contribution in [0, 0.1) is 5.82 Å². The summed E-state index contributed by atoms with van der Waals surface area (Å²) in [6.45, 7) is 1.75. The van der Waals surface area contributed by atoms with E-state index in [9.17, 15) is 4.39 Å². The highest BCUT2D eigenvalue weighted by Crippen LogP contribution is 2.25. The highest BCUT2D eigenvalue weighted by molar-refractivity contribution is 9.10. The van der Waals surface area contributed by atoms with Gasteiger partial charge in [0.25, 0.3) is 5.89 Å². The number of aromatic nitrogens is 2. The van der Waals surface area contributed by atoms with Crippen molar-refractivity contribution in [2.75, 3.05) is 0 Å². The Balaban J connectivity index is 2.39. The third-order valence-electron chi connectivity index (χ3n) is 1.96. The van der Waals surface area contributed by atoms with Gasteiger partial charge in [0, 0.05) is 5.56 Å². The topological polar surface area (TPSA) is 38.9 Å². The van der Waals surface area contributed by atoms with Gasteiger partial charge in [-0.1, -0.05) is 5.16 Å². The van der Waals surface area contributed by atoms with E-state index in [0.29, 0.717) is 21.8 Å². The summed E-state index contributed by atoms with van der Waals surface area (Å²) in [4.78, 5) is 4.10. The van der Waals surface area contributed by atoms with E-state index in [1.807, 2.05) is 0 Å². The van der Waals surface area contributed by atoms with Crippen LogP contribution in [0.2, 0.25) is 0 Å². The molecule has 0 saturated carbocycles. The first-order valence-corrected chi connectivity index (χ1v) is 5.74. The van der Waals surface area contributed by atoms with Gasteiger partial charge < -0.3 is 4.52 Å². The molecule has 0 amide bonds. The van der Waals surface area contributed by atoms with E-state index < -0.39 is 0 Å². The van der Waals surface area contributed by atoms with Crippen LogP contribution in [0.1, 0.15) is 18.1 Å². The van der Waals surface area contributed by atoms with Crippen LogP contribution in [-0.2, 0) is 0 Å². The maximum atomic E-state index is 13.0. The second-order valence-corrected chi connectivity index (χ2v) is 4.71. The predicted molar refractivity (Wildman–Crippen MR) is 61.7 cm³/mol. The summed E-state index contributed by atoms with van der Waals surface area (Å²) >= 11 is 8.89. The maximum Gasteiger partial charge on any atom is 0.258 e. The first kappa shape index (κ1) is 11.5. The number of benzene rings is 1. The molecule has 1 atom stereocenters. The van der Waals surface area contributed by atoms with Crippen LogP contribution in [-0.4, -0.2) is 10.1 Å². The minimum Gasteiger partial charge on any atom is -0.334 e. The second-order valence-electron chi connectivity index (χ2n) is 3.20. The smallest absolute Gasteiger partial charge is 0.258 e. The Hall–Kier alpha value is -0.940. The van der Waals surface area contributed by atoms with Gasteiger partial charge in [0.1, 0.15) is 5.82 Å². The molecule has 1 aromatic heterocycles. The summed E-state index contributed by atoms with van der Waals surface area (Å²) in [5.41, 5.74) is 0.643. The van der Waals surface area contributed by atoms with Crippen LogP contribution >= 0.6 is 27.5 Å². The molecule has 0 spiro atoms. The van der Waals surface area contributed by atoms with Gasteiger partial charge in [0.2, 0.25) is 0 Å². The summed E-state index contributed by atoms with van der Waals surface area (Å²) in [6.07, 6.45) is 0. The van der Waals surface area contributed by atoms with Crippen LogP contribution in [0.5, 0.6) is 0 Å². The molecule has 0 aliphatic heterocycles. The van der Waals surface area contributed by atoms with Crippen LogP contribution < -0.4 is 0 Å². The molecular weight excluding hydrogens is 298 g/mol. The number of halogens is 3. The Kier molecular flexibility index (Phi) is 3.25. The molecule has 6 heteroatoms. The average molecular weight is 306 g/mol. The minimum atomic E-state index is -0.339. The molecule has 0 fully saturated rings. The molecule has 0 aliphatic carbocycles. The third kappa shape index (κ3) is 2.25. The zero-order valence-corrected chi connectivity index (χ0v) is 10.6. The van der Waals surface area contributed by atoms with Gasteiger partial charge in [-0.3, -0.25) is 0 Å². The molecule has 1 heterocycles. The van der Waals surface area contributed by atoms with Crippen molar-refractivity contribution >= 4 is 27.5 Å². The standard InChI is InChI=1S/C10H7BrClFN2O/c1-5(12)9-14-10(16-15-9)6-2-3-8(13)7(11)4-6/h2-5H,1H3. The molecule has 0 bridgehead atoms. The lowest BCUT2D eigenvalue weighted by Gasteiger charge is -1.96. The van der Waals surface area contributed by atoms with Crippen molar-refractivity contribution in [3.05, 3.63) is 34.3 Å². The monoisotopic (exact) mass is 304 g/mol. The van der Waals surface area contributed by atoms with Gasteiger partial charge >= 0.3 is 0 Å². The molecule has 0 radical (unpaired) electrons. The van der Waals surface area contributed by atoms with Crippen molar-refractivity contribution in [2.45, 2.75) is 12.3 Å². The van der Waals surface area contributed by atoms with Gasteiger partial charge in [-0.2, -0.15) is 4.98 Å². The summed E-state index contributed by atoms with van der Waals surface area (Å²) in [7, 11) is 0. The largest absolute Gasteiger partial charge is 0.334 e. The van der Waals surface area contributed by atoms with Gasteiger partial charge in [0.15, 0.2) is 5.82 Å². The molecule has 0 N–H and O–H groups in total. The SMILES string of the molecule is CC(Cl)c1noc(-c2ccc(F)c(Br)c2)n1. The van der Waals surface area contributed by atoms with Gasteiger partial charge in [-0.05, 0) is 41.1 Å². The zero-order chi connectivity index (χ0) is 11.7. The Morgan fingerprint density at radius 1 is 1.50 bits per heavy atom. The van der Waals surface area contributed by atoms with E-state index in [1.165, 1.54) is 6.07 Å². The Labute approximate surface area is 105 Å². The summed E-state index contributed by atoms with van der Waals surface area (Å²) < 4.78 is 18.4. The van der Waals surface area contributed by atoms with Crippen LogP contribution in [0.3, 0.4) is 0 Å². The van der Waals surface area contributed by atoms with Gasteiger partial charge in [0.05, 0.1) is 9.85 Å². The molecule has 0 aliphatic rings. The van der Waals surface area contributed by atoms with Gasteiger partial charge in [-0.15, -0.1) is 11.6 Å². The lowest BCUT2D eigenvalue weighted by molar-refractivity contribution is 0.422. The van der Waals surface area contributed by atoms with Crippen molar-refractivity contribution in [3.8, 4) is 11.5 Å². The maximum absolute atomic E-state index is 13.0. The highest BCUT2D eigenvalue weighted by Gasteiger charge is 2.13. The molecule has 1 aromatic carbocycles. The first-order valence-electron chi connectivity index (χ1n) is 4.51. The van der Waals surface area contributed by atoms with E-state index in [-0.39, 0.29) is 11.2 Å². The van der Waals surface area contributed by atoms with Gasteiger partial charge in [-0.25, -0.2) is 4.39 Å². The summed E-state index contributed by atoms with van der Waals surface area (Å²) in [5.74, 6) is 0.398. The van der Waals surface area contributed by atoms with Crippen molar-refractivity contribution in [1.82, 2.24) is 10.1 Å². The van der Waals surface area contributed by atoms with Crippen molar-refractivity contribution in [3.63, 3.8) is 0 Å². The first-order chi connectivity index (χ1) is 7.58. The van der Waals surface area contributed by atoms with Crippen LogP contribution in [0.15, 0.2) is 27.2 Å². The molecule has 84 valence electrons. The second kappa shape index (κ2) is 4.51. The van der Waals surface area contributed by atoms with E-state index in [4.69, 9.17) is 16.1 Å². The fraction of sp³-hybridized carbons (Fsp3) is 0.200. The fourth-order valence-corrected chi connectivity index (χ4v) is 1.61.